The van der Waals surface area contributed by atoms with Crippen LogP contribution in [0.5, 0.6) is 0 Å². The normalized spacial score (nSPS) is 16.8. The second-order valence-corrected chi connectivity index (χ2v) is 22.7. The molecule has 0 aliphatic heterocycles. The molecule has 0 aromatic heterocycles. The largest absolute Gasteiger partial charge is 0.415 e. The highest BCUT2D eigenvalue weighted by molar-refractivity contribution is 6.81. The fourth-order valence-electron chi connectivity index (χ4n) is 1.57. The highest BCUT2D eigenvalue weighted by Gasteiger charge is 2.44. The Hall–Kier alpha value is 0.571. The minimum Gasteiger partial charge on any atom is -0.415 e. The standard InChI is InChI=1S/C13H34O2Si3/c1-12(14-17(7,8)9)18(10,11)15-13(2,3)16(4,5)6/h12H,1-11H3. The predicted molar refractivity (Wildman–Crippen MR) is 89.9 cm³/mol. The van der Waals surface area contributed by atoms with E-state index in [2.05, 4.69) is 73.1 Å². The van der Waals surface area contributed by atoms with Crippen molar-refractivity contribution in [3.63, 3.8) is 0 Å². The van der Waals surface area contributed by atoms with E-state index in [1.165, 1.54) is 0 Å². The first-order valence-corrected chi connectivity index (χ1v) is 16.9. The van der Waals surface area contributed by atoms with Crippen molar-refractivity contribution in [1.82, 2.24) is 0 Å². The van der Waals surface area contributed by atoms with Gasteiger partial charge in [-0.2, -0.15) is 0 Å². The Morgan fingerprint density at radius 1 is 0.833 bits per heavy atom. The SMILES string of the molecule is CC(O[Si](C)(C)C)[Si](C)(C)OC(C)(C)[Si](C)(C)C. The van der Waals surface area contributed by atoms with Gasteiger partial charge in [0.25, 0.3) is 0 Å². The van der Waals surface area contributed by atoms with Crippen LogP contribution in [0, 0.1) is 0 Å². The topological polar surface area (TPSA) is 18.5 Å². The summed E-state index contributed by atoms with van der Waals surface area (Å²) in [5.41, 5.74) is 0.264. The van der Waals surface area contributed by atoms with Crippen molar-refractivity contribution in [2.75, 3.05) is 0 Å². The molecule has 0 aliphatic carbocycles. The van der Waals surface area contributed by atoms with Crippen molar-refractivity contribution in [3.8, 4) is 0 Å². The van der Waals surface area contributed by atoms with Gasteiger partial charge >= 0.3 is 0 Å². The van der Waals surface area contributed by atoms with Gasteiger partial charge in [-0.1, -0.05) is 19.6 Å². The summed E-state index contributed by atoms with van der Waals surface area (Å²) in [6.07, 6.45) is 0. The summed E-state index contributed by atoms with van der Waals surface area (Å²) < 4.78 is 12.8. The summed E-state index contributed by atoms with van der Waals surface area (Å²) in [7, 11) is -4.63. The summed E-state index contributed by atoms with van der Waals surface area (Å²) >= 11 is 0. The molecular weight excluding hydrogens is 272 g/mol. The molecule has 0 saturated heterocycles. The zero-order valence-electron chi connectivity index (χ0n) is 14.4. The van der Waals surface area contributed by atoms with E-state index >= 15 is 0 Å². The molecule has 2 nitrogen and oxygen atoms in total. The van der Waals surface area contributed by atoms with Crippen LogP contribution in [0.2, 0.25) is 52.4 Å². The van der Waals surface area contributed by atoms with Crippen LogP contribution in [-0.4, -0.2) is 35.7 Å². The lowest BCUT2D eigenvalue weighted by molar-refractivity contribution is 0.143. The van der Waals surface area contributed by atoms with Crippen molar-refractivity contribution in [3.05, 3.63) is 0 Å². The van der Waals surface area contributed by atoms with Gasteiger partial charge in [-0.25, -0.2) is 0 Å². The second-order valence-electron chi connectivity index (χ2n) is 8.34. The van der Waals surface area contributed by atoms with Gasteiger partial charge < -0.3 is 8.85 Å². The van der Waals surface area contributed by atoms with E-state index in [1.54, 1.807) is 0 Å². The highest BCUT2D eigenvalue weighted by atomic mass is 28.4. The lowest BCUT2D eigenvalue weighted by Crippen LogP contribution is -2.59. The van der Waals surface area contributed by atoms with Gasteiger partial charge in [0.15, 0.2) is 8.32 Å². The van der Waals surface area contributed by atoms with E-state index in [0.29, 0.717) is 0 Å². The molecule has 0 amide bonds. The molecule has 0 fully saturated rings. The molecule has 110 valence electrons. The maximum Gasteiger partial charge on any atom is 0.213 e. The Kier molecular flexibility index (Phi) is 5.69. The first-order chi connectivity index (χ1) is 7.58. The molecule has 0 N–H and O–H groups in total. The van der Waals surface area contributed by atoms with Crippen LogP contribution >= 0.6 is 0 Å². The quantitative estimate of drug-likeness (QED) is 0.665. The molecule has 1 atom stereocenters. The molecular formula is C13H34O2Si3. The van der Waals surface area contributed by atoms with Crippen molar-refractivity contribution in [2.45, 2.75) is 84.1 Å². The third kappa shape index (κ3) is 5.69. The third-order valence-electron chi connectivity index (χ3n) is 3.83. The fourth-order valence-corrected chi connectivity index (χ4v) is 8.32. The van der Waals surface area contributed by atoms with Crippen molar-refractivity contribution in [2.24, 2.45) is 0 Å². The highest BCUT2D eigenvalue weighted by Crippen LogP contribution is 2.30. The van der Waals surface area contributed by atoms with Crippen LogP contribution in [0.1, 0.15) is 20.8 Å². The van der Waals surface area contributed by atoms with E-state index in [0.717, 1.165) is 0 Å². The van der Waals surface area contributed by atoms with Gasteiger partial charge in [-0.3, -0.25) is 0 Å². The van der Waals surface area contributed by atoms with Crippen molar-refractivity contribution < 1.29 is 8.85 Å². The van der Waals surface area contributed by atoms with Gasteiger partial charge in [0.05, 0.1) is 13.8 Å². The Balaban J connectivity index is 4.85. The van der Waals surface area contributed by atoms with Crippen LogP contribution in [0.15, 0.2) is 0 Å². The Morgan fingerprint density at radius 2 is 1.22 bits per heavy atom. The molecule has 1 unspecified atom stereocenters. The van der Waals surface area contributed by atoms with Crippen LogP contribution in [0.3, 0.4) is 0 Å². The molecule has 0 heterocycles. The molecule has 0 spiro atoms. The van der Waals surface area contributed by atoms with Crippen LogP contribution in [-0.2, 0) is 8.85 Å². The molecule has 18 heavy (non-hydrogen) atoms. The van der Waals surface area contributed by atoms with Crippen LogP contribution < -0.4 is 0 Å². The van der Waals surface area contributed by atoms with Gasteiger partial charge in [0.1, 0.15) is 0 Å². The molecule has 0 rings (SSSR count). The third-order valence-corrected chi connectivity index (χ3v) is 12.2. The van der Waals surface area contributed by atoms with E-state index in [-0.39, 0.29) is 11.0 Å². The monoisotopic (exact) mass is 306 g/mol. The molecule has 0 saturated carbocycles. The number of rotatable bonds is 6. The van der Waals surface area contributed by atoms with Crippen LogP contribution in [0.25, 0.3) is 0 Å². The van der Waals surface area contributed by atoms with Gasteiger partial charge in [-0.15, -0.1) is 0 Å². The zero-order valence-corrected chi connectivity index (χ0v) is 17.4. The summed E-state index contributed by atoms with van der Waals surface area (Å²) in [5, 5.41) is 0.0137. The first kappa shape index (κ1) is 18.6. The first-order valence-electron chi connectivity index (χ1n) is 6.96. The van der Waals surface area contributed by atoms with Gasteiger partial charge in [-0.05, 0) is 53.5 Å². The average molecular weight is 307 g/mol. The molecule has 5 heteroatoms. The van der Waals surface area contributed by atoms with E-state index < -0.39 is 24.7 Å². The van der Waals surface area contributed by atoms with Gasteiger partial charge in [0.2, 0.25) is 8.32 Å². The second kappa shape index (κ2) is 5.52. The average Bonchev–Trinajstić information content (AvgIpc) is 1.95. The van der Waals surface area contributed by atoms with E-state index in [9.17, 15) is 0 Å². The lowest BCUT2D eigenvalue weighted by atomic mass is 10.5. The summed E-state index contributed by atoms with van der Waals surface area (Å²) in [6, 6.07) is 0. The number of hydrogen-bond acceptors (Lipinski definition) is 2. The van der Waals surface area contributed by atoms with Crippen molar-refractivity contribution in [1.29, 1.82) is 0 Å². The lowest BCUT2D eigenvalue weighted by Gasteiger charge is -2.45. The van der Waals surface area contributed by atoms with Gasteiger partial charge in [0, 0.05) is 5.22 Å². The molecule has 0 aromatic rings. The maximum atomic E-state index is 6.60. The van der Waals surface area contributed by atoms with Crippen molar-refractivity contribution >= 4 is 24.7 Å². The smallest absolute Gasteiger partial charge is 0.213 e. The Labute approximate surface area is 118 Å². The number of hydrogen-bond donors (Lipinski definition) is 0. The molecule has 0 bridgehead atoms. The Morgan fingerprint density at radius 3 is 1.50 bits per heavy atom. The Bertz CT molecular complexity index is 275. The maximum absolute atomic E-state index is 6.60. The summed E-state index contributed by atoms with van der Waals surface area (Å²) in [5.74, 6) is 0. The molecule has 0 aliphatic rings. The molecule has 0 aromatic carbocycles. The van der Waals surface area contributed by atoms with E-state index in [4.69, 9.17) is 8.85 Å². The summed E-state index contributed by atoms with van der Waals surface area (Å²) in [6.45, 7) is 25.2. The minimum atomic E-state index is -1.81. The summed E-state index contributed by atoms with van der Waals surface area (Å²) in [4.78, 5) is 0. The fraction of sp³-hybridized carbons (Fsp3) is 1.00. The zero-order chi connectivity index (χ0) is 15.0. The van der Waals surface area contributed by atoms with E-state index in [1.807, 2.05) is 0 Å². The molecule has 0 radical (unpaired) electrons. The van der Waals surface area contributed by atoms with Crippen LogP contribution in [0.4, 0.5) is 0 Å². The minimum absolute atomic E-state index is 0.0137. The predicted octanol–water partition coefficient (Wildman–Crippen LogP) is 4.64.